The second kappa shape index (κ2) is 7.59. The molecule has 0 aromatic carbocycles. The number of carbonyl (C=O) groups is 1. The number of amides is 1. The van der Waals surface area contributed by atoms with Crippen LogP contribution in [0.1, 0.15) is 69.1 Å². The summed E-state index contributed by atoms with van der Waals surface area (Å²) in [5.74, 6) is -0.0800. The Bertz CT molecular complexity index is 462. The van der Waals surface area contributed by atoms with E-state index >= 15 is 0 Å². The first-order valence-corrected chi connectivity index (χ1v) is 7.84. The quantitative estimate of drug-likeness (QED) is 0.775. The molecule has 1 rings (SSSR count). The standard InChI is InChI=1S/C16H29N3O2/c1-6-16(7-2,8-9-20)11-17-15(21)14-10-18-19(12(3)4)13(14)5/h10,12,20H,6-9,11H2,1-5H3,(H,17,21). The van der Waals surface area contributed by atoms with Crippen LogP contribution in [-0.2, 0) is 0 Å². The summed E-state index contributed by atoms with van der Waals surface area (Å²) < 4.78 is 1.86. The highest BCUT2D eigenvalue weighted by molar-refractivity contribution is 5.95. The fraction of sp³-hybridized carbons (Fsp3) is 0.750. The second-order valence-electron chi connectivity index (χ2n) is 6.05. The first kappa shape index (κ1) is 17.7. The molecule has 0 saturated carbocycles. The molecule has 0 saturated heterocycles. The molecule has 0 spiro atoms. The third-order valence-corrected chi connectivity index (χ3v) is 4.54. The van der Waals surface area contributed by atoms with Gasteiger partial charge in [0.25, 0.3) is 5.91 Å². The van der Waals surface area contributed by atoms with Gasteiger partial charge in [-0.1, -0.05) is 13.8 Å². The molecule has 1 aromatic rings. The van der Waals surface area contributed by atoms with Gasteiger partial charge in [0, 0.05) is 24.9 Å². The molecule has 0 bridgehead atoms. The lowest BCUT2D eigenvalue weighted by molar-refractivity contribution is 0.0906. The Kier molecular flexibility index (Phi) is 6.40. The van der Waals surface area contributed by atoms with Gasteiger partial charge in [0.1, 0.15) is 0 Å². The Balaban J connectivity index is 2.77. The molecule has 0 aliphatic heterocycles. The number of hydrogen-bond donors (Lipinski definition) is 2. The van der Waals surface area contributed by atoms with Gasteiger partial charge < -0.3 is 10.4 Å². The molecule has 120 valence electrons. The van der Waals surface area contributed by atoms with Crippen LogP contribution in [0.4, 0.5) is 0 Å². The maximum Gasteiger partial charge on any atom is 0.254 e. The Morgan fingerprint density at radius 2 is 2.05 bits per heavy atom. The zero-order valence-corrected chi connectivity index (χ0v) is 13.9. The predicted molar refractivity (Wildman–Crippen MR) is 84.4 cm³/mol. The zero-order chi connectivity index (χ0) is 16.0. The van der Waals surface area contributed by atoms with Crippen LogP contribution in [0.2, 0.25) is 0 Å². The number of nitrogens with one attached hydrogen (secondary N) is 1. The molecule has 0 atom stereocenters. The highest BCUT2D eigenvalue weighted by atomic mass is 16.3. The van der Waals surface area contributed by atoms with Gasteiger partial charge in [0.15, 0.2) is 0 Å². The molecular weight excluding hydrogens is 266 g/mol. The zero-order valence-electron chi connectivity index (χ0n) is 13.9. The van der Waals surface area contributed by atoms with Gasteiger partial charge in [-0.15, -0.1) is 0 Å². The summed E-state index contributed by atoms with van der Waals surface area (Å²) >= 11 is 0. The number of aromatic nitrogens is 2. The molecular formula is C16H29N3O2. The van der Waals surface area contributed by atoms with E-state index in [9.17, 15) is 9.90 Å². The van der Waals surface area contributed by atoms with Crippen molar-refractivity contribution >= 4 is 5.91 Å². The summed E-state index contributed by atoms with van der Waals surface area (Å²) in [5, 5.41) is 16.5. The molecule has 0 radical (unpaired) electrons. The minimum absolute atomic E-state index is 0.0215. The number of nitrogens with zero attached hydrogens (tertiary/aromatic N) is 2. The monoisotopic (exact) mass is 295 g/mol. The number of carbonyl (C=O) groups excluding carboxylic acids is 1. The molecule has 2 N–H and O–H groups in total. The van der Waals surface area contributed by atoms with Crippen LogP contribution in [0, 0.1) is 12.3 Å². The number of rotatable bonds is 8. The van der Waals surface area contributed by atoms with Crippen molar-refractivity contribution in [1.82, 2.24) is 15.1 Å². The normalized spacial score (nSPS) is 12.0. The van der Waals surface area contributed by atoms with Crippen LogP contribution in [0.5, 0.6) is 0 Å². The van der Waals surface area contributed by atoms with Crippen molar-refractivity contribution in [3.63, 3.8) is 0 Å². The van der Waals surface area contributed by atoms with E-state index in [2.05, 4.69) is 24.3 Å². The largest absolute Gasteiger partial charge is 0.396 e. The van der Waals surface area contributed by atoms with Crippen LogP contribution in [-0.4, -0.2) is 33.9 Å². The molecule has 0 unspecified atom stereocenters. The van der Waals surface area contributed by atoms with E-state index in [4.69, 9.17) is 0 Å². The lowest BCUT2D eigenvalue weighted by Gasteiger charge is -2.31. The van der Waals surface area contributed by atoms with Gasteiger partial charge in [0.2, 0.25) is 0 Å². The van der Waals surface area contributed by atoms with Crippen LogP contribution in [0.3, 0.4) is 0 Å². The minimum Gasteiger partial charge on any atom is -0.396 e. The molecule has 21 heavy (non-hydrogen) atoms. The fourth-order valence-corrected chi connectivity index (χ4v) is 2.71. The summed E-state index contributed by atoms with van der Waals surface area (Å²) in [4.78, 5) is 12.4. The maximum atomic E-state index is 12.4. The average Bonchev–Trinajstić information content (AvgIpc) is 2.85. The molecule has 0 fully saturated rings. The Morgan fingerprint density at radius 3 is 2.48 bits per heavy atom. The summed E-state index contributed by atoms with van der Waals surface area (Å²) in [6, 6.07) is 0.242. The van der Waals surface area contributed by atoms with Crippen LogP contribution >= 0.6 is 0 Å². The molecule has 0 aliphatic carbocycles. The van der Waals surface area contributed by atoms with Gasteiger partial charge in [0.05, 0.1) is 11.8 Å². The lowest BCUT2D eigenvalue weighted by Crippen LogP contribution is -2.37. The highest BCUT2D eigenvalue weighted by Gasteiger charge is 2.27. The number of hydrogen-bond acceptors (Lipinski definition) is 3. The van der Waals surface area contributed by atoms with Crippen molar-refractivity contribution in [3.05, 3.63) is 17.5 Å². The molecule has 5 nitrogen and oxygen atoms in total. The maximum absolute atomic E-state index is 12.4. The van der Waals surface area contributed by atoms with E-state index in [1.807, 2.05) is 25.5 Å². The molecule has 1 aromatic heterocycles. The van der Waals surface area contributed by atoms with Gasteiger partial charge in [-0.05, 0) is 45.4 Å². The van der Waals surface area contributed by atoms with Gasteiger partial charge in [-0.2, -0.15) is 5.10 Å². The SMILES string of the molecule is CCC(CC)(CCO)CNC(=O)c1cnn(C(C)C)c1C. The van der Waals surface area contributed by atoms with E-state index < -0.39 is 0 Å². The third-order valence-electron chi connectivity index (χ3n) is 4.54. The van der Waals surface area contributed by atoms with Gasteiger partial charge >= 0.3 is 0 Å². The first-order valence-electron chi connectivity index (χ1n) is 7.84. The van der Waals surface area contributed by atoms with Gasteiger partial charge in [-0.25, -0.2) is 0 Å². The van der Waals surface area contributed by atoms with E-state index in [0.717, 1.165) is 18.5 Å². The minimum atomic E-state index is -0.0800. The van der Waals surface area contributed by atoms with Crippen LogP contribution in [0.25, 0.3) is 0 Å². The molecule has 1 amide bonds. The Morgan fingerprint density at radius 1 is 1.43 bits per heavy atom. The Labute approximate surface area is 127 Å². The van der Waals surface area contributed by atoms with Crippen LogP contribution in [0.15, 0.2) is 6.20 Å². The molecule has 5 heteroatoms. The van der Waals surface area contributed by atoms with Crippen LogP contribution < -0.4 is 5.32 Å². The van der Waals surface area contributed by atoms with Crippen molar-refractivity contribution in [2.24, 2.45) is 5.41 Å². The van der Waals surface area contributed by atoms with Gasteiger partial charge in [-0.3, -0.25) is 9.48 Å². The predicted octanol–water partition coefficient (Wildman–Crippen LogP) is 2.69. The Hall–Kier alpha value is -1.36. The van der Waals surface area contributed by atoms with E-state index in [-0.39, 0.29) is 24.0 Å². The summed E-state index contributed by atoms with van der Waals surface area (Å²) in [6.07, 6.45) is 4.23. The summed E-state index contributed by atoms with van der Waals surface area (Å²) in [5.41, 5.74) is 1.50. The molecule has 1 heterocycles. The van der Waals surface area contributed by atoms with Crippen molar-refractivity contribution in [2.75, 3.05) is 13.2 Å². The first-order chi connectivity index (χ1) is 9.90. The van der Waals surface area contributed by atoms with E-state index in [0.29, 0.717) is 18.5 Å². The van der Waals surface area contributed by atoms with Crippen molar-refractivity contribution < 1.29 is 9.90 Å². The fourth-order valence-electron chi connectivity index (χ4n) is 2.71. The number of aliphatic hydroxyl groups is 1. The third kappa shape index (κ3) is 4.06. The van der Waals surface area contributed by atoms with E-state index in [1.165, 1.54) is 0 Å². The van der Waals surface area contributed by atoms with Crippen molar-refractivity contribution in [1.29, 1.82) is 0 Å². The highest BCUT2D eigenvalue weighted by Crippen LogP contribution is 2.29. The van der Waals surface area contributed by atoms with Crippen molar-refractivity contribution in [2.45, 2.75) is 59.9 Å². The van der Waals surface area contributed by atoms with E-state index in [1.54, 1.807) is 6.20 Å². The van der Waals surface area contributed by atoms with Crippen molar-refractivity contribution in [3.8, 4) is 0 Å². The average molecular weight is 295 g/mol. The number of aliphatic hydroxyl groups excluding tert-OH is 1. The topological polar surface area (TPSA) is 67.2 Å². The lowest BCUT2D eigenvalue weighted by atomic mass is 9.79. The smallest absolute Gasteiger partial charge is 0.254 e. The molecule has 0 aliphatic rings. The second-order valence-corrected chi connectivity index (χ2v) is 6.05. The summed E-state index contributed by atoms with van der Waals surface area (Å²) in [7, 11) is 0. The summed E-state index contributed by atoms with van der Waals surface area (Å²) in [6.45, 7) is 11.0.